The Balaban J connectivity index is 2.27. The lowest BCUT2D eigenvalue weighted by Gasteiger charge is -2.32. The van der Waals surface area contributed by atoms with Crippen LogP contribution >= 0.6 is 0 Å². The molecular formula is C15H28BNO3. The number of ether oxygens (including phenoxy) is 1. The molecule has 20 heavy (non-hydrogen) atoms. The molecule has 0 amide bonds. The molecule has 1 unspecified atom stereocenters. The van der Waals surface area contributed by atoms with Crippen molar-refractivity contribution in [3.63, 3.8) is 0 Å². The van der Waals surface area contributed by atoms with Gasteiger partial charge in [0.05, 0.1) is 12.0 Å². The summed E-state index contributed by atoms with van der Waals surface area (Å²) in [5, 5.41) is 0. The van der Waals surface area contributed by atoms with Crippen LogP contribution in [-0.2, 0) is 14.2 Å². The van der Waals surface area contributed by atoms with Crippen LogP contribution in [0.4, 0.5) is 0 Å². The second kappa shape index (κ2) is 10.2. The van der Waals surface area contributed by atoms with Crippen molar-refractivity contribution in [1.29, 1.82) is 0 Å². The molecule has 0 saturated carbocycles. The molecule has 2 radical (unpaired) electrons. The average molecular weight is 281 g/mol. The van der Waals surface area contributed by atoms with Crippen LogP contribution in [0, 0.1) is 5.92 Å². The molecule has 1 saturated heterocycles. The Bertz CT molecular complexity index is 268. The van der Waals surface area contributed by atoms with Crippen LogP contribution in [0.25, 0.3) is 0 Å². The van der Waals surface area contributed by atoms with E-state index in [1.165, 1.54) is 0 Å². The zero-order chi connectivity index (χ0) is 14.8. The van der Waals surface area contributed by atoms with Crippen LogP contribution in [-0.4, -0.2) is 51.3 Å². The first-order valence-electron chi connectivity index (χ1n) is 7.95. The number of piperidine rings is 1. The second-order valence-electron chi connectivity index (χ2n) is 5.56. The molecule has 0 N–H and O–H groups in total. The minimum atomic E-state index is -0.261. The van der Waals surface area contributed by atoms with E-state index in [4.69, 9.17) is 12.8 Å². The minimum Gasteiger partial charge on any atom is -0.543 e. The fourth-order valence-electron chi connectivity index (χ4n) is 2.80. The molecule has 0 aromatic carbocycles. The highest BCUT2D eigenvalue weighted by Gasteiger charge is 2.22. The maximum Gasteiger partial charge on any atom is 0.378 e. The van der Waals surface area contributed by atoms with E-state index in [-0.39, 0.29) is 11.9 Å². The molecule has 5 heteroatoms. The van der Waals surface area contributed by atoms with Crippen molar-refractivity contribution in [3.05, 3.63) is 0 Å². The first kappa shape index (κ1) is 17.5. The van der Waals surface area contributed by atoms with Crippen molar-refractivity contribution >= 4 is 14.0 Å². The molecule has 1 heterocycles. The minimum absolute atomic E-state index is 0.0513. The Labute approximate surface area is 124 Å². The summed E-state index contributed by atoms with van der Waals surface area (Å²) in [6.07, 6.45) is 6.46. The van der Waals surface area contributed by atoms with Crippen molar-refractivity contribution in [1.82, 2.24) is 4.90 Å². The normalized spacial score (nSPS) is 18.9. The van der Waals surface area contributed by atoms with Crippen LogP contribution in [0.15, 0.2) is 0 Å². The SMILES string of the molecule is [B]OC(=O)C(CCCC)CCN1CCC(OCC)CC1. The topological polar surface area (TPSA) is 38.8 Å². The largest absolute Gasteiger partial charge is 0.543 e. The van der Waals surface area contributed by atoms with E-state index in [2.05, 4.69) is 16.5 Å². The van der Waals surface area contributed by atoms with Gasteiger partial charge in [0.1, 0.15) is 0 Å². The zero-order valence-corrected chi connectivity index (χ0v) is 13.0. The highest BCUT2D eigenvalue weighted by Crippen LogP contribution is 2.18. The van der Waals surface area contributed by atoms with Crippen LogP contribution in [0.5, 0.6) is 0 Å². The second-order valence-corrected chi connectivity index (χ2v) is 5.56. The van der Waals surface area contributed by atoms with Gasteiger partial charge in [-0.25, -0.2) is 0 Å². The molecular weight excluding hydrogens is 253 g/mol. The number of hydrogen-bond donors (Lipinski definition) is 0. The summed E-state index contributed by atoms with van der Waals surface area (Å²) in [6.45, 7) is 8.03. The lowest BCUT2D eigenvalue weighted by Crippen LogP contribution is -2.38. The Kier molecular flexibility index (Phi) is 8.95. The van der Waals surface area contributed by atoms with Gasteiger partial charge in [0.2, 0.25) is 0 Å². The van der Waals surface area contributed by atoms with Gasteiger partial charge in [0, 0.05) is 19.7 Å². The Morgan fingerprint density at radius 2 is 2.00 bits per heavy atom. The lowest BCUT2D eigenvalue weighted by atomic mass is 9.97. The predicted octanol–water partition coefficient (Wildman–Crippen LogP) is 2.31. The Hall–Kier alpha value is -0.545. The van der Waals surface area contributed by atoms with Crippen LogP contribution in [0.3, 0.4) is 0 Å². The summed E-state index contributed by atoms with van der Waals surface area (Å²) in [6, 6.07) is 0. The third-order valence-corrected chi connectivity index (χ3v) is 4.09. The molecule has 1 rings (SSSR count). The van der Waals surface area contributed by atoms with E-state index < -0.39 is 0 Å². The number of carbonyl (C=O) groups is 1. The molecule has 4 nitrogen and oxygen atoms in total. The van der Waals surface area contributed by atoms with Gasteiger partial charge in [-0.05, 0) is 39.2 Å². The van der Waals surface area contributed by atoms with Crippen molar-refractivity contribution < 1.29 is 14.2 Å². The van der Waals surface area contributed by atoms with Gasteiger partial charge in [-0.2, -0.15) is 0 Å². The van der Waals surface area contributed by atoms with Gasteiger partial charge in [-0.15, -0.1) is 0 Å². The number of carbonyl (C=O) groups excluding carboxylic acids is 1. The van der Waals surface area contributed by atoms with Crippen LogP contribution < -0.4 is 0 Å². The molecule has 0 aromatic heterocycles. The molecule has 0 bridgehead atoms. The highest BCUT2D eigenvalue weighted by molar-refractivity contribution is 6.05. The molecule has 0 spiro atoms. The summed E-state index contributed by atoms with van der Waals surface area (Å²) < 4.78 is 10.1. The number of likely N-dealkylation sites (tertiary alicyclic amines) is 1. The van der Waals surface area contributed by atoms with Crippen LogP contribution in [0.1, 0.15) is 52.4 Å². The standard InChI is InChI=1S/C15H28BNO3/c1-3-5-6-13(15(18)20-16)7-10-17-11-8-14(9-12-17)19-4-2/h13-14H,3-12H2,1-2H3. The molecule has 1 aliphatic rings. The van der Waals surface area contributed by atoms with Crippen molar-refractivity contribution in [3.8, 4) is 0 Å². The van der Waals surface area contributed by atoms with E-state index >= 15 is 0 Å². The molecule has 0 aromatic rings. The summed E-state index contributed by atoms with van der Waals surface area (Å²) in [5.41, 5.74) is 0. The van der Waals surface area contributed by atoms with E-state index in [0.717, 1.165) is 64.8 Å². The third kappa shape index (κ3) is 6.27. The molecule has 1 aliphatic heterocycles. The smallest absolute Gasteiger partial charge is 0.378 e. The number of nitrogens with zero attached hydrogens (tertiary/aromatic N) is 1. The summed E-state index contributed by atoms with van der Waals surface area (Å²) in [7, 11) is 5.03. The fourth-order valence-corrected chi connectivity index (χ4v) is 2.80. The van der Waals surface area contributed by atoms with Gasteiger partial charge < -0.3 is 14.3 Å². The van der Waals surface area contributed by atoms with Gasteiger partial charge >= 0.3 is 8.05 Å². The van der Waals surface area contributed by atoms with E-state index in [0.29, 0.717) is 6.10 Å². The number of rotatable bonds is 9. The summed E-state index contributed by atoms with van der Waals surface area (Å²) >= 11 is 0. The highest BCUT2D eigenvalue weighted by atomic mass is 16.5. The molecule has 1 fully saturated rings. The molecule has 114 valence electrons. The Morgan fingerprint density at radius 3 is 2.55 bits per heavy atom. The monoisotopic (exact) mass is 281 g/mol. The van der Waals surface area contributed by atoms with Gasteiger partial charge in [-0.1, -0.05) is 19.8 Å². The quantitative estimate of drug-likeness (QED) is 0.608. The average Bonchev–Trinajstić information content (AvgIpc) is 2.48. The first-order valence-corrected chi connectivity index (χ1v) is 7.95. The van der Waals surface area contributed by atoms with Gasteiger partial charge in [-0.3, -0.25) is 4.79 Å². The van der Waals surface area contributed by atoms with Gasteiger partial charge in [0.25, 0.3) is 5.97 Å². The maximum absolute atomic E-state index is 11.6. The van der Waals surface area contributed by atoms with Gasteiger partial charge in [0.15, 0.2) is 0 Å². The number of hydrogen-bond acceptors (Lipinski definition) is 4. The summed E-state index contributed by atoms with van der Waals surface area (Å²) in [5.74, 6) is -0.313. The Morgan fingerprint density at radius 1 is 1.30 bits per heavy atom. The molecule has 1 atom stereocenters. The molecule has 0 aliphatic carbocycles. The lowest BCUT2D eigenvalue weighted by molar-refractivity contribution is -0.139. The van der Waals surface area contributed by atoms with E-state index in [1.54, 1.807) is 0 Å². The van der Waals surface area contributed by atoms with Crippen molar-refractivity contribution in [2.24, 2.45) is 5.92 Å². The van der Waals surface area contributed by atoms with E-state index in [9.17, 15) is 4.79 Å². The first-order chi connectivity index (χ1) is 9.71. The van der Waals surface area contributed by atoms with Crippen molar-refractivity contribution in [2.75, 3.05) is 26.2 Å². The fraction of sp³-hybridized carbons (Fsp3) is 0.933. The van der Waals surface area contributed by atoms with Crippen LogP contribution in [0.2, 0.25) is 0 Å². The van der Waals surface area contributed by atoms with Crippen molar-refractivity contribution in [2.45, 2.75) is 58.5 Å². The third-order valence-electron chi connectivity index (χ3n) is 4.09. The summed E-state index contributed by atoms with van der Waals surface area (Å²) in [4.78, 5) is 14.1. The number of unbranched alkanes of at least 4 members (excludes halogenated alkanes) is 1. The maximum atomic E-state index is 11.6. The zero-order valence-electron chi connectivity index (χ0n) is 13.0. The predicted molar refractivity (Wildman–Crippen MR) is 80.6 cm³/mol. The van der Waals surface area contributed by atoms with E-state index in [1.807, 2.05) is 6.92 Å².